The van der Waals surface area contributed by atoms with Crippen LogP contribution in [0.2, 0.25) is 0 Å². The smallest absolute Gasteiger partial charge is 0.0984 e. The Labute approximate surface area is 82.0 Å². The predicted octanol–water partition coefficient (Wildman–Crippen LogP) is 2.69. The van der Waals surface area contributed by atoms with Gasteiger partial charge in [0, 0.05) is 20.5 Å². The summed E-state index contributed by atoms with van der Waals surface area (Å²) in [7, 11) is 4.18. The highest BCUT2D eigenvalue weighted by Crippen LogP contribution is 2.20. The Bertz CT molecular complexity index is 167. The predicted molar refractivity (Wildman–Crippen MR) is 58.3 cm³/mol. The molecule has 0 radical (unpaired) electrons. The second-order valence-corrected chi connectivity index (χ2v) is 4.09. The summed E-state index contributed by atoms with van der Waals surface area (Å²) in [5.74, 6) is 1.26. The van der Waals surface area contributed by atoms with E-state index in [-0.39, 0.29) is 0 Å². The monoisotopic (exact) mass is 182 g/mol. The number of rotatable bonds is 2. The van der Waals surface area contributed by atoms with Crippen LogP contribution in [0.15, 0.2) is 4.99 Å². The van der Waals surface area contributed by atoms with Crippen molar-refractivity contribution >= 4 is 5.84 Å². The zero-order valence-electron chi connectivity index (χ0n) is 9.21. The molecule has 0 atom stereocenters. The van der Waals surface area contributed by atoms with Gasteiger partial charge in [0.15, 0.2) is 0 Å². The molecule has 1 rings (SSSR count). The topological polar surface area (TPSA) is 15.6 Å². The van der Waals surface area contributed by atoms with Crippen molar-refractivity contribution in [3.05, 3.63) is 0 Å². The summed E-state index contributed by atoms with van der Waals surface area (Å²) in [6.45, 7) is 2.18. The molecule has 0 amide bonds. The first-order valence-corrected chi connectivity index (χ1v) is 5.48. The number of aliphatic imine (C=N–C) groups is 1. The summed E-state index contributed by atoms with van der Waals surface area (Å²) in [5, 5.41) is 0. The molecule has 2 heteroatoms. The molecule has 0 aliphatic heterocycles. The zero-order valence-corrected chi connectivity index (χ0v) is 9.21. The molecule has 1 aliphatic rings. The van der Waals surface area contributed by atoms with Crippen LogP contribution in [-0.4, -0.2) is 30.9 Å². The van der Waals surface area contributed by atoms with E-state index < -0.39 is 0 Å². The van der Waals surface area contributed by atoms with Crippen LogP contribution in [0, 0.1) is 0 Å². The Kier molecular flexibility index (Phi) is 4.26. The second kappa shape index (κ2) is 5.25. The fourth-order valence-corrected chi connectivity index (χ4v) is 1.94. The standard InChI is InChI=1S/C11H22N2/c1-4-11(13(2)3)12-10-8-6-5-7-9-10/h10H,4-9H2,1-3H3. The van der Waals surface area contributed by atoms with E-state index in [2.05, 4.69) is 25.9 Å². The van der Waals surface area contributed by atoms with E-state index in [1.807, 2.05) is 0 Å². The highest BCUT2D eigenvalue weighted by molar-refractivity contribution is 5.81. The molecule has 0 aromatic rings. The fourth-order valence-electron chi connectivity index (χ4n) is 1.94. The summed E-state index contributed by atoms with van der Waals surface area (Å²) in [6.07, 6.45) is 7.82. The van der Waals surface area contributed by atoms with Gasteiger partial charge in [0.25, 0.3) is 0 Å². The van der Waals surface area contributed by atoms with Gasteiger partial charge in [-0.15, -0.1) is 0 Å². The Balaban J connectivity index is 2.49. The van der Waals surface area contributed by atoms with Crippen molar-refractivity contribution in [3.8, 4) is 0 Å². The van der Waals surface area contributed by atoms with Crippen LogP contribution in [-0.2, 0) is 0 Å². The van der Waals surface area contributed by atoms with Gasteiger partial charge in [-0.3, -0.25) is 4.99 Å². The third-order valence-electron chi connectivity index (χ3n) is 2.74. The molecular weight excluding hydrogens is 160 g/mol. The normalized spacial score (nSPS) is 20.4. The van der Waals surface area contributed by atoms with Crippen LogP contribution < -0.4 is 0 Å². The first-order valence-electron chi connectivity index (χ1n) is 5.48. The van der Waals surface area contributed by atoms with Crippen molar-refractivity contribution in [2.24, 2.45) is 4.99 Å². The Hall–Kier alpha value is -0.530. The number of hydrogen-bond acceptors (Lipinski definition) is 1. The first-order chi connectivity index (χ1) is 6.24. The lowest BCUT2D eigenvalue weighted by atomic mass is 9.96. The van der Waals surface area contributed by atoms with Gasteiger partial charge >= 0.3 is 0 Å². The zero-order chi connectivity index (χ0) is 9.68. The van der Waals surface area contributed by atoms with Crippen LogP contribution in [0.5, 0.6) is 0 Å². The van der Waals surface area contributed by atoms with Crippen LogP contribution in [0.4, 0.5) is 0 Å². The van der Waals surface area contributed by atoms with Crippen LogP contribution in [0.3, 0.4) is 0 Å². The molecule has 0 bridgehead atoms. The van der Waals surface area contributed by atoms with E-state index in [1.54, 1.807) is 0 Å². The van der Waals surface area contributed by atoms with Crippen molar-refractivity contribution in [3.63, 3.8) is 0 Å². The highest BCUT2D eigenvalue weighted by atomic mass is 15.1. The molecular formula is C11H22N2. The Morgan fingerprint density at radius 1 is 1.23 bits per heavy atom. The number of amidine groups is 1. The lowest BCUT2D eigenvalue weighted by molar-refractivity contribution is 0.436. The maximum Gasteiger partial charge on any atom is 0.0984 e. The molecule has 1 fully saturated rings. The molecule has 0 aromatic carbocycles. The van der Waals surface area contributed by atoms with Crippen molar-refractivity contribution in [2.75, 3.05) is 14.1 Å². The van der Waals surface area contributed by atoms with Crippen LogP contribution in [0.1, 0.15) is 45.4 Å². The van der Waals surface area contributed by atoms with Gasteiger partial charge in [0.1, 0.15) is 0 Å². The van der Waals surface area contributed by atoms with E-state index in [0.29, 0.717) is 6.04 Å². The third kappa shape index (κ3) is 3.37. The summed E-state index contributed by atoms with van der Waals surface area (Å²) in [6, 6.07) is 0.617. The Morgan fingerprint density at radius 2 is 1.85 bits per heavy atom. The van der Waals surface area contributed by atoms with Gasteiger partial charge in [-0.2, -0.15) is 0 Å². The third-order valence-corrected chi connectivity index (χ3v) is 2.74. The summed E-state index contributed by atoms with van der Waals surface area (Å²) in [5.41, 5.74) is 0. The molecule has 0 saturated heterocycles. The largest absolute Gasteiger partial charge is 0.366 e. The van der Waals surface area contributed by atoms with E-state index in [9.17, 15) is 0 Å². The SMILES string of the molecule is CCC(=NC1CCCCC1)N(C)C. The second-order valence-electron chi connectivity index (χ2n) is 4.09. The van der Waals surface area contributed by atoms with Gasteiger partial charge in [0.05, 0.1) is 11.9 Å². The van der Waals surface area contributed by atoms with Crippen molar-refractivity contribution in [1.82, 2.24) is 4.90 Å². The first kappa shape index (κ1) is 10.6. The van der Waals surface area contributed by atoms with E-state index in [4.69, 9.17) is 4.99 Å². The molecule has 1 saturated carbocycles. The van der Waals surface area contributed by atoms with Gasteiger partial charge in [-0.05, 0) is 12.8 Å². The Morgan fingerprint density at radius 3 is 2.31 bits per heavy atom. The maximum absolute atomic E-state index is 4.80. The average molecular weight is 182 g/mol. The molecule has 13 heavy (non-hydrogen) atoms. The molecule has 1 aliphatic carbocycles. The molecule has 0 unspecified atom stereocenters. The van der Waals surface area contributed by atoms with Gasteiger partial charge in [-0.1, -0.05) is 26.2 Å². The summed E-state index contributed by atoms with van der Waals surface area (Å²) >= 11 is 0. The molecule has 76 valence electrons. The minimum Gasteiger partial charge on any atom is -0.366 e. The minimum atomic E-state index is 0.617. The van der Waals surface area contributed by atoms with Crippen molar-refractivity contribution in [2.45, 2.75) is 51.5 Å². The molecule has 2 nitrogen and oxygen atoms in total. The van der Waals surface area contributed by atoms with Crippen molar-refractivity contribution < 1.29 is 0 Å². The van der Waals surface area contributed by atoms with E-state index >= 15 is 0 Å². The molecule has 0 spiro atoms. The number of hydrogen-bond donors (Lipinski definition) is 0. The molecule has 0 N–H and O–H groups in total. The average Bonchev–Trinajstić information content (AvgIpc) is 2.15. The highest BCUT2D eigenvalue weighted by Gasteiger charge is 2.12. The van der Waals surface area contributed by atoms with Gasteiger partial charge < -0.3 is 4.90 Å². The lowest BCUT2D eigenvalue weighted by Crippen LogP contribution is -2.24. The quantitative estimate of drug-likeness (QED) is 0.473. The number of nitrogens with zero attached hydrogens (tertiary/aromatic N) is 2. The lowest BCUT2D eigenvalue weighted by Gasteiger charge is -2.21. The summed E-state index contributed by atoms with van der Waals surface area (Å²) in [4.78, 5) is 6.94. The van der Waals surface area contributed by atoms with Gasteiger partial charge in [-0.25, -0.2) is 0 Å². The summed E-state index contributed by atoms with van der Waals surface area (Å²) < 4.78 is 0. The maximum atomic E-state index is 4.80. The van der Waals surface area contributed by atoms with Gasteiger partial charge in [0.2, 0.25) is 0 Å². The fraction of sp³-hybridized carbons (Fsp3) is 0.909. The van der Waals surface area contributed by atoms with E-state index in [0.717, 1.165) is 6.42 Å². The van der Waals surface area contributed by atoms with E-state index in [1.165, 1.54) is 37.9 Å². The molecule has 0 heterocycles. The van der Waals surface area contributed by atoms with Crippen LogP contribution in [0.25, 0.3) is 0 Å². The van der Waals surface area contributed by atoms with Crippen LogP contribution >= 0.6 is 0 Å². The van der Waals surface area contributed by atoms with Crippen molar-refractivity contribution in [1.29, 1.82) is 0 Å². The minimum absolute atomic E-state index is 0.617. The molecule has 0 aromatic heterocycles.